The van der Waals surface area contributed by atoms with Crippen LogP contribution in [0, 0.1) is 19.8 Å². The Kier molecular flexibility index (Phi) is 14.7. The Labute approximate surface area is 246 Å². The topological polar surface area (TPSA) is 0 Å². The Hall–Kier alpha value is -0.383. The summed E-state index contributed by atoms with van der Waals surface area (Å²) in [6.45, 7) is 11.8. The summed E-state index contributed by atoms with van der Waals surface area (Å²) in [5.74, 6) is 0.938. The van der Waals surface area contributed by atoms with Gasteiger partial charge in [-0.2, -0.15) is 0 Å². The van der Waals surface area contributed by atoms with E-state index >= 15 is 0 Å². The fraction of sp³-hybridized carbons (Fsp3) is 0.771. The van der Waals surface area contributed by atoms with Gasteiger partial charge in [0.1, 0.15) is 8.07 Å². The van der Waals surface area contributed by atoms with Gasteiger partial charge in [0.2, 0.25) is 0 Å². The van der Waals surface area contributed by atoms with Gasteiger partial charge in [0.25, 0.3) is 0 Å². The van der Waals surface area contributed by atoms with E-state index in [1.807, 2.05) is 10.4 Å². The lowest BCUT2D eigenvalue weighted by Crippen LogP contribution is -2.55. The Bertz CT molecular complexity index is 861. The molecule has 1 aliphatic heterocycles. The van der Waals surface area contributed by atoms with Crippen molar-refractivity contribution in [2.24, 2.45) is 5.92 Å². The van der Waals surface area contributed by atoms with Crippen LogP contribution in [0.1, 0.15) is 153 Å². The minimum atomic E-state index is -1.70. The van der Waals surface area contributed by atoms with Crippen LogP contribution in [0.4, 0.5) is 0 Å². The van der Waals surface area contributed by atoms with Gasteiger partial charge in [-0.15, -0.1) is 22.7 Å². The highest BCUT2D eigenvalue weighted by atomic mass is 32.1. The first kappa shape index (κ1) is 32.1. The summed E-state index contributed by atoms with van der Waals surface area (Å²) in [7, 11) is -1.70. The number of rotatable bonds is 22. The van der Waals surface area contributed by atoms with Crippen LogP contribution in [-0.2, 0) is 0 Å². The fourth-order valence-electron chi connectivity index (χ4n) is 7.11. The second-order valence-electron chi connectivity index (χ2n) is 12.6. The fourth-order valence-corrected chi connectivity index (χ4v) is 16.8. The zero-order valence-corrected chi connectivity index (χ0v) is 28.5. The summed E-state index contributed by atoms with van der Waals surface area (Å²) in [6.07, 6.45) is 27.3. The van der Waals surface area contributed by atoms with Crippen LogP contribution in [0.5, 0.6) is 0 Å². The van der Waals surface area contributed by atoms with E-state index in [-0.39, 0.29) is 0 Å². The minimum absolute atomic E-state index is 0.938. The number of unbranched alkanes of at least 4 members (excludes halogenated alkanes) is 14. The SMILES string of the molecule is CCCCCCCCC[Si]1(CC(CCCCCC)CCCCCCCC)c2cc(C)sc2-c2sc(C)cc21. The number of hydrogen-bond acceptors (Lipinski definition) is 2. The van der Waals surface area contributed by atoms with E-state index in [1.54, 1.807) is 19.5 Å². The molecule has 216 valence electrons. The van der Waals surface area contributed by atoms with Gasteiger partial charge in [0, 0.05) is 19.5 Å². The average Bonchev–Trinajstić information content (AvgIpc) is 3.54. The predicted octanol–water partition coefficient (Wildman–Crippen LogP) is 12.1. The summed E-state index contributed by atoms with van der Waals surface area (Å²) in [6, 6.07) is 8.40. The van der Waals surface area contributed by atoms with E-state index in [0.717, 1.165) is 5.92 Å². The molecular formula is C35H60S2Si. The highest BCUT2D eigenvalue weighted by Gasteiger charge is 2.48. The number of aryl methyl sites for hydroxylation is 2. The van der Waals surface area contributed by atoms with Crippen molar-refractivity contribution in [2.45, 2.75) is 169 Å². The Morgan fingerprint density at radius 1 is 0.553 bits per heavy atom. The number of thiophene rings is 2. The summed E-state index contributed by atoms with van der Waals surface area (Å²) < 4.78 is 0. The van der Waals surface area contributed by atoms with Gasteiger partial charge in [-0.3, -0.25) is 0 Å². The Morgan fingerprint density at radius 3 is 1.42 bits per heavy atom. The maximum Gasteiger partial charge on any atom is 0.122 e. The van der Waals surface area contributed by atoms with Crippen molar-refractivity contribution in [3.8, 4) is 9.75 Å². The third-order valence-electron chi connectivity index (χ3n) is 9.22. The normalized spacial score (nSPS) is 14.7. The first-order chi connectivity index (χ1) is 18.6. The molecule has 0 saturated carbocycles. The van der Waals surface area contributed by atoms with Crippen molar-refractivity contribution in [3.05, 3.63) is 21.9 Å². The van der Waals surface area contributed by atoms with E-state index in [2.05, 4.69) is 69.4 Å². The standard InChI is InChI=1S/C35H60S2Si/c1-6-9-12-15-17-19-22-25-38(32-26-29(4)36-34(32)35-33(38)27-30(5)37-35)28-31(23-20-14-11-8-3)24-21-18-16-13-10-7-2/h26-27,31H,6-25,28H2,1-5H3. The van der Waals surface area contributed by atoms with Crippen molar-refractivity contribution in [3.63, 3.8) is 0 Å². The average molecular weight is 573 g/mol. The van der Waals surface area contributed by atoms with Gasteiger partial charge in [0.15, 0.2) is 0 Å². The molecule has 3 heterocycles. The molecule has 38 heavy (non-hydrogen) atoms. The van der Waals surface area contributed by atoms with E-state index in [9.17, 15) is 0 Å². The minimum Gasteiger partial charge on any atom is -0.140 e. The van der Waals surface area contributed by atoms with Crippen LogP contribution in [-0.4, -0.2) is 8.07 Å². The van der Waals surface area contributed by atoms with Crippen molar-refractivity contribution in [2.75, 3.05) is 0 Å². The molecule has 2 aromatic rings. The predicted molar refractivity (Wildman–Crippen MR) is 180 cm³/mol. The van der Waals surface area contributed by atoms with E-state index in [1.165, 1.54) is 134 Å². The van der Waals surface area contributed by atoms with E-state index in [0.29, 0.717) is 0 Å². The molecular weight excluding hydrogens is 513 g/mol. The largest absolute Gasteiger partial charge is 0.140 e. The maximum absolute atomic E-state index is 2.68. The van der Waals surface area contributed by atoms with Crippen LogP contribution in [0.2, 0.25) is 12.1 Å². The van der Waals surface area contributed by atoms with Crippen molar-refractivity contribution >= 4 is 41.1 Å². The zero-order chi connectivity index (χ0) is 27.2. The van der Waals surface area contributed by atoms with E-state index in [4.69, 9.17) is 0 Å². The lowest BCUT2D eigenvalue weighted by Gasteiger charge is -2.33. The van der Waals surface area contributed by atoms with Gasteiger partial charge in [-0.1, -0.05) is 143 Å². The Morgan fingerprint density at radius 2 is 0.947 bits per heavy atom. The highest BCUT2D eigenvalue weighted by Crippen LogP contribution is 2.44. The molecule has 0 nitrogen and oxygen atoms in total. The summed E-state index contributed by atoms with van der Waals surface area (Å²) in [5.41, 5.74) is 0. The molecule has 3 rings (SSSR count). The first-order valence-electron chi connectivity index (χ1n) is 16.8. The zero-order valence-electron chi connectivity index (χ0n) is 25.9. The summed E-state index contributed by atoms with van der Waals surface area (Å²) in [5, 5.41) is 3.74. The van der Waals surface area contributed by atoms with Crippen molar-refractivity contribution in [1.29, 1.82) is 0 Å². The lowest BCUT2D eigenvalue weighted by atomic mass is 9.96. The molecule has 1 unspecified atom stereocenters. The second kappa shape index (κ2) is 17.4. The molecule has 1 aliphatic rings. The van der Waals surface area contributed by atoms with Crippen LogP contribution >= 0.6 is 22.7 Å². The molecule has 0 amide bonds. The molecule has 0 aromatic carbocycles. The second-order valence-corrected chi connectivity index (χ2v) is 19.3. The molecule has 0 spiro atoms. The Balaban J connectivity index is 1.78. The van der Waals surface area contributed by atoms with Crippen LogP contribution < -0.4 is 10.4 Å². The quantitative estimate of drug-likeness (QED) is 0.0972. The third kappa shape index (κ3) is 9.07. The summed E-state index contributed by atoms with van der Waals surface area (Å²) >= 11 is 4.23. The van der Waals surface area contributed by atoms with Gasteiger partial charge >= 0.3 is 0 Å². The smallest absolute Gasteiger partial charge is 0.122 e. The molecule has 0 N–H and O–H groups in total. The van der Waals surface area contributed by atoms with Crippen LogP contribution in [0.15, 0.2) is 12.1 Å². The van der Waals surface area contributed by atoms with Gasteiger partial charge < -0.3 is 0 Å². The van der Waals surface area contributed by atoms with Crippen LogP contribution in [0.25, 0.3) is 9.75 Å². The van der Waals surface area contributed by atoms with Gasteiger partial charge in [-0.05, 0) is 54.4 Å². The molecule has 1 atom stereocenters. The lowest BCUT2D eigenvalue weighted by molar-refractivity contribution is 0.430. The number of hydrogen-bond donors (Lipinski definition) is 0. The molecule has 2 aromatic heterocycles. The monoisotopic (exact) mass is 572 g/mol. The summed E-state index contributed by atoms with van der Waals surface area (Å²) in [4.78, 5) is 6.51. The van der Waals surface area contributed by atoms with E-state index < -0.39 is 8.07 Å². The van der Waals surface area contributed by atoms with Gasteiger partial charge in [0.05, 0.1) is 0 Å². The van der Waals surface area contributed by atoms with Crippen molar-refractivity contribution in [1.82, 2.24) is 0 Å². The first-order valence-corrected chi connectivity index (χ1v) is 20.8. The molecule has 0 radical (unpaired) electrons. The van der Waals surface area contributed by atoms with Crippen LogP contribution in [0.3, 0.4) is 0 Å². The molecule has 0 fully saturated rings. The molecule has 0 aliphatic carbocycles. The maximum atomic E-state index is 2.68. The van der Waals surface area contributed by atoms with Gasteiger partial charge in [-0.25, -0.2) is 0 Å². The van der Waals surface area contributed by atoms with Crippen molar-refractivity contribution < 1.29 is 0 Å². The number of fused-ring (bicyclic) bond motifs is 3. The molecule has 3 heteroatoms. The highest BCUT2D eigenvalue weighted by molar-refractivity contribution is 7.29. The molecule has 0 saturated heterocycles. The molecule has 0 bridgehead atoms. The third-order valence-corrected chi connectivity index (χ3v) is 17.2.